The lowest BCUT2D eigenvalue weighted by atomic mass is 10.2. The summed E-state index contributed by atoms with van der Waals surface area (Å²) in [4.78, 5) is 12.7. The molecule has 0 saturated carbocycles. The highest BCUT2D eigenvalue weighted by atomic mass is 19.1. The van der Waals surface area contributed by atoms with E-state index in [-0.39, 0.29) is 24.7 Å². The summed E-state index contributed by atoms with van der Waals surface area (Å²) in [6.07, 6.45) is 1.66. The van der Waals surface area contributed by atoms with Crippen molar-refractivity contribution in [1.82, 2.24) is 14.9 Å². The SMILES string of the molecule is Cc1ccccc1OCc1c(C(=O)Nc2ccn(Cc3ccccc3F)n2)noc1C. The number of rotatable bonds is 7. The van der Waals surface area contributed by atoms with Crippen LogP contribution in [0.3, 0.4) is 0 Å². The van der Waals surface area contributed by atoms with Crippen molar-refractivity contribution >= 4 is 11.7 Å². The largest absolute Gasteiger partial charge is 0.488 e. The molecule has 0 aliphatic heterocycles. The van der Waals surface area contributed by atoms with Gasteiger partial charge < -0.3 is 14.6 Å². The van der Waals surface area contributed by atoms with E-state index in [1.165, 1.54) is 6.07 Å². The zero-order chi connectivity index (χ0) is 21.8. The van der Waals surface area contributed by atoms with Crippen molar-refractivity contribution < 1.29 is 18.4 Å². The van der Waals surface area contributed by atoms with Crippen LogP contribution in [0.4, 0.5) is 10.2 Å². The van der Waals surface area contributed by atoms with Crippen LogP contribution in [0, 0.1) is 19.7 Å². The van der Waals surface area contributed by atoms with E-state index in [4.69, 9.17) is 9.26 Å². The number of halogens is 1. The fourth-order valence-electron chi connectivity index (χ4n) is 3.10. The molecular weight excluding hydrogens is 399 g/mol. The van der Waals surface area contributed by atoms with Crippen LogP contribution in [0.1, 0.15) is 32.9 Å². The average Bonchev–Trinajstić information content (AvgIpc) is 3.35. The van der Waals surface area contributed by atoms with Crippen molar-refractivity contribution in [2.24, 2.45) is 0 Å². The molecule has 0 saturated heterocycles. The Morgan fingerprint density at radius 1 is 1.13 bits per heavy atom. The minimum Gasteiger partial charge on any atom is -0.488 e. The lowest BCUT2D eigenvalue weighted by Crippen LogP contribution is -2.16. The number of aromatic nitrogens is 3. The van der Waals surface area contributed by atoms with Gasteiger partial charge in [-0.05, 0) is 31.5 Å². The number of ether oxygens (including phenoxy) is 1. The van der Waals surface area contributed by atoms with Gasteiger partial charge >= 0.3 is 0 Å². The highest BCUT2D eigenvalue weighted by molar-refractivity contribution is 6.03. The number of carbonyl (C=O) groups excluding carboxylic acids is 1. The molecule has 0 unspecified atom stereocenters. The standard InChI is InChI=1S/C23H21FN4O3/c1-15-7-3-6-10-20(15)30-14-18-16(2)31-27-22(18)23(29)25-21-11-12-28(26-21)13-17-8-4-5-9-19(17)24/h3-12H,13-14H2,1-2H3,(H,25,26,29). The fourth-order valence-corrected chi connectivity index (χ4v) is 3.10. The van der Waals surface area contributed by atoms with Crippen molar-refractivity contribution in [1.29, 1.82) is 0 Å². The molecule has 2 heterocycles. The summed E-state index contributed by atoms with van der Waals surface area (Å²) in [5, 5.41) is 10.9. The van der Waals surface area contributed by atoms with E-state index in [0.717, 1.165) is 11.3 Å². The molecule has 0 atom stereocenters. The van der Waals surface area contributed by atoms with Gasteiger partial charge in [0.05, 0.1) is 12.1 Å². The number of benzene rings is 2. The maximum atomic E-state index is 13.8. The summed E-state index contributed by atoms with van der Waals surface area (Å²) >= 11 is 0. The van der Waals surface area contributed by atoms with Crippen LogP contribution in [0.25, 0.3) is 0 Å². The quantitative estimate of drug-likeness (QED) is 0.476. The maximum absolute atomic E-state index is 13.8. The molecule has 2 aromatic carbocycles. The van der Waals surface area contributed by atoms with Crippen molar-refractivity contribution in [3.05, 3.63) is 94.8 Å². The number of para-hydroxylation sites is 1. The highest BCUT2D eigenvalue weighted by Crippen LogP contribution is 2.21. The van der Waals surface area contributed by atoms with Crippen molar-refractivity contribution in [2.75, 3.05) is 5.32 Å². The molecule has 1 N–H and O–H groups in total. The van der Waals surface area contributed by atoms with E-state index in [2.05, 4.69) is 15.6 Å². The van der Waals surface area contributed by atoms with E-state index in [9.17, 15) is 9.18 Å². The summed E-state index contributed by atoms with van der Waals surface area (Å²) in [5.74, 6) is 0.786. The van der Waals surface area contributed by atoms with Crippen LogP contribution in [0.5, 0.6) is 5.75 Å². The van der Waals surface area contributed by atoms with E-state index in [0.29, 0.717) is 22.7 Å². The Balaban J connectivity index is 1.44. The second-order valence-corrected chi connectivity index (χ2v) is 7.06. The molecule has 31 heavy (non-hydrogen) atoms. The summed E-state index contributed by atoms with van der Waals surface area (Å²) in [7, 11) is 0. The maximum Gasteiger partial charge on any atom is 0.279 e. The van der Waals surface area contributed by atoms with Crippen LogP contribution in [0.15, 0.2) is 65.3 Å². The Bertz CT molecular complexity index is 1220. The third-order valence-corrected chi connectivity index (χ3v) is 4.84. The monoisotopic (exact) mass is 420 g/mol. The Morgan fingerprint density at radius 2 is 1.90 bits per heavy atom. The number of hydrogen-bond acceptors (Lipinski definition) is 5. The number of amides is 1. The molecule has 4 aromatic rings. The van der Waals surface area contributed by atoms with Gasteiger partial charge in [-0.25, -0.2) is 4.39 Å². The smallest absolute Gasteiger partial charge is 0.279 e. The topological polar surface area (TPSA) is 82.2 Å². The van der Waals surface area contributed by atoms with Gasteiger partial charge in [-0.3, -0.25) is 9.48 Å². The Morgan fingerprint density at radius 3 is 2.71 bits per heavy atom. The van der Waals surface area contributed by atoms with Gasteiger partial charge in [0.25, 0.3) is 5.91 Å². The molecule has 1 amide bonds. The predicted octanol–water partition coefficient (Wildman–Crippen LogP) is 4.51. The number of hydrogen-bond donors (Lipinski definition) is 1. The number of aryl methyl sites for hydroxylation is 2. The highest BCUT2D eigenvalue weighted by Gasteiger charge is 2.21. The van der Waals surface area contributed by atoms with E-state index >= 15 is 0 Å². The Hall–Kier alpha value is -3.94. The molecular formula is C23H21FN4O3. The molecule has 2 aromatic heterocycles. The lowest BCUT2D eigenvalue weighted by molar-refractivity contribution is 0.101. The van der Waals surface area contributed by atoms with Crippen molar-refractivity contribution in [3.8, 4) is 5.75 Å². The molecule has 0 aliphatic rings. The molecule has 0 aliphatic carbocycles. The van der Waals surface area contributed by atoms with E-state index < -0.39 is 5.91 Å². The van der Waals surface area contributed by atoms with Gasteiger partial charge in [0.2, 0.25) is 0 Å². The molecule has 0 spiro atoms. The fraction of sp³-hybridized carbons (Fsp3) is 0.174. The number of carbonyl (C=O) groups is 1. The third-order valence-electron chi connectivity index (χ3n) is 4.84. The van der Waals surface area contributed by atoms with Crippen LogP contribution in [-0.2, 0) is 13.2 Å². The normalized spacial score (nSPS) is 10.8. The van der Waals surface area contributed by atoms with Gasteiger partial charge in [0.15, 0.2) is 11.5 Å². The predicted molar refractivity (Wildman–Crippen MR) is 112 cm³/mol. The second-order valence-electron chi connectivity index (χ2n) is 7.06. The van der Waals surface area contributed by atoms with Gasteiger partial charge in [0.1, 0.15) is 23.9 Å². The molecule has 8 heteroatoms. The first kappa shape index (κ1) is 20.3. The zero-order valence-electron chi connectivity index (χ0n) is 17.1. The average molecular weight is 420 g/mol. The van der Waals surface area contributed by atoms with Gasteiger partial charge in [-0.15, -0.1) is 0 Å². The molecule has 0 bridgehead atoms. The van der Waals surface area contributed by atoms with E-state index in [1.54, 1.807) is 42.1 Å². The first-order chi connectivity index (χ1) is 15.0. The molecule has 0 radical (unpaired) electrons. The summed E-state index contributed by atoms with van der Waals surface area (Å²) in [6.45, 7) is 4.07. The summed E-state index contributed by atoms with van der Waals surface area (Å²) in [5.41, 5.74) is 2.19. The second kappa shape index (κ2) is 8.83. The van der Waals surface area contributed by atoms with Crippen LogP contribution in [-0.4, -0.2) is 20.8 Å². The Kier molecular flexibility index (Phi) is 5.79. The van der Waals surface area contributed by atoms with Crippen LogP contribution in [0.2, 0.25) is 0 Å². The van der Waals surface area contributed by atoms with Gasteiger partial charge in [-0.1, -0.05) is 41.6 Å². The van der Waals surface area contributed by atoms with Crippen LogP contribution < -0.4 is 10.1 Å². The number of nitrogens with one attached hydrogen (secondary N) is 1. The minimum absolute atomic E-state index is 0.134. The van der Waals surface area contributed by atoms with Gasteiger partial charge in [-0.2, -0.15) is 5.10 Å². The molecule has 158 valence electrons. The Labute approximate surface area is 178 Å². The molecule has 4 rings (SSSR count). The zero-order valence-corrected chi connectivity index (χ0v) is 17.1. The molecule has 7 nitrogen and oxygen atoms in total. The third kappa shape index (κ3) is 4.63. The van der Waals surface area contributed by atoms with Crippen LogP contribution >= 0.6 is 0 Å². The van der Waals surface area contributed by atoms with Crippen molar-refractivity contribution in [3.63, 3.8) is 0 Å². The summed E-state index contributed by atoms with van der Waals surface area (Å²) in [6, 6.07) is 15.7. The molecule has 0 fully saturated rings. The van der Waals surface area contributed by atoms with E-state index in [1.807, 2.05) is 31.2 Å². The minimum atomic E-state index is -0.462. The lowest BCUT2D eigenvalue weighted by Gasteiger charge is -2.09. The summed E-state index contributed by atoms with van der Waals surface area (Å²) < 4.78 is 26.4. The van der Waals surface area contributed by atoms with Gasteiger partial charge in [0, 0.05) is 17.8 Å². The first-order valence-electron chi connectivity index (χ1n) is 9.73. The number of anilines is 1. The van der Waals surface area contributed by atoms with Crippen molar-refractivity contribution in [2.45, 2.75) is 27.0 Å². The number of nitrogens with zero attached hydrogens (tertiary/aromatic N) is 3. The first-order valence-corrected chi connectivity index (χ1v) is 9.73.